The lowest BCUT2D eigenvalue weighted by molar-refractivity contribution is -0.138. The number of likely N-dealkylation sites (tertiary alicyclic amines) is 1. The molecule has 1 N–H and O–H groups in total. The van der Waals surface area contributed by atoms with Crippen LogP contribution in [-0.2, 0) is 19.2 Å². The summed E-state index contributed by atoms with van der Waals surface area (Å²) in [5.74, 6) is -3.69. The van der Waals surface area contributed by atoms with Gasteiger partial charge in [-0.25, -0.2) is 0 Å². The summed E-state index contributed by atoms with van der Waals surface area (Å²) >= 11 is 14.7. The minimum Gasteiger partial charge on any atom is -0.507 e. The number of hydrogen-bond acceptors (Lipinski definition) is 7. The van der Waals surface area contributed by atoms with Crippen LogP contribution < -0.4 is 14.4 Å². The van der Waals surface area contributed by atoms with Gasteiger partial charge in [-0.05, 0) is 71.7 Å². The number of aromatic hydroxyl groups is 1. The van der Waals surface area contributed by atoms with E-state index in [1.54, 1.807) is 44.6 Å². The maximum absolute atomic E-state index is 14.5. The molecule has 2 saturated heterocycles. The van der Waals surface area contributed by atoms with Gasteiger partial charge in [0.05, 0.1) is 31.7 Å². The van der Waals surface area contributed by atoms with Crippen molar-refractivity contribution in [3.63, 3.8) is 0 Å². The van der Waals surface area contributed by atoms with Crippen molar-refractivity contribution < 1.29 is 33.8 Å². The van der Waals surface area contributed by atoms with Crippen LogP contribution in [0.15, 0.2) is 90.5 Å². The Morgan fingerprint density at radius 1 is 0.827 bits per heavy atom. The number of imide groups is 2. The van der Waals surface area contributed by atoms with E-state index in [0.717, 1.165) is 16.0 Å². The fourth-order valence-electron chi connectivity index (χ4n) is 8.79. The molecular weight excluding hydrogens is 703 g/mol. The maximum Gasteiger partial charge on any atom is 0.253 e. The highest BCUT2D eigenvalue weighted by atomic mass is 35.5. The van der Waals surface area contributed by atoms with Crippen molar-refractivity contribution >= 4 is 75.4 Å². The number of carbonyl (C=O) groups is 4. The molecule has 3 fully saturated rings. The van der Waals surface area contributed by atoms with E-state index in [1.165, 1.54) is 18.0 Å². The Labute approximate surface area is 310 Å². The van der Waals surface area contributed by atoms with Crippen LogP contribution in [0.2, 0.25) is 0 Å². The van der Waals surface area contributed by atoms with Crippen molar-refractivity contribution in [1.82, 2.24) is 4.90 Å². The van der Waals surface area contributed by atoms with Crippen LogP contribution in [0.4, 0.5) is 5.69 Å². The standard InChI is InChI=1S/C41H34Cl2N2O7/c1-44-38(49)40(42)21-31-29(35(41(40,43)39(44)50)28-17-18-32(46)27-7-5-4-6-26(27)28)15-16-30-34(31)37(48)45(36(30)47)24-12-9-22(10-13-24)8-11-23-20-25(51-2)14-19-33(23)52-3/h4-15,17-20,30-31,34-35,46H,16,21H2,1-3H3. The predicted octanol–water partition coefficient (Wildman–Crippen LogP) is 6.93. The molecule has 2 aliphatic carbocycles. The smallest absolute Gasteiger partial charge is 0.253 e. The molecule has 0 bridgehead atoms. The molecule has 4 aromatic carbocycles. The molecule has 4 aliphatic rings. The van der Waals surface area contributed by atoms with E-state index >= 15 is 0 Å². The molecule has 6 atom stereocenters. The predicted molar refractivity (Wildman–Crippen MR) is 198 cm³/mol. The number of phenols is 1. The first-order valence-electron chi connectivity index (χ1n) is 16.9. The van der Waals surface area contributed by atoms with Gasteiger partial charge in [-0.3, -0.25) is 29.0 Å². The number of phenolic OH excluding ortho intramolecular Hbond substituents is 1. The molecule has 0 spiro atoms. The number of methoxy groups -OCH3 is 2. The highest BCUT2D eigenvalue weighted by Crippen LogP contribution is 2.66. The number of nitrogens with zero attached hydrogens (tertiary/aromatic N) is 2. The Bertz CT molecular complexity index is 2270. The van der Waals surface area contributed by atoms with Gasteiger partial charge in [0.25, 0.3) is 11.8 Å². The first kappa shape index (κ1) is 34.0. The number of anilines is 1. The highest BCUT2D eigenvalue weighted by molar-refractivity contribution is 6.53. The van der Waals surface area contributed by atoms with Gasteiger partial charge in [0.1, 0.15) is 17.2 Å². The summed E-state index contributed by atoms with van der Waals surface area (Å²) in [5.41, 5.74) is 3.37. The van der Waals surface area contributed by atoms with Crippen molar-refractivity contribution in [2.45, 2.75) is 28.5 Å². The van der Waals surface area contributed by atoms with Crippen LogP contribution in [-0.4, -0.2) is 64.7 Å². The number of benzene rings is 4. The highest BCUT2D eigenvalue weighted by Gasteiger charge is 2.76. The minimum atomic E-state index is -1.92. The van der Waals surface area contributed by atoms with Crippen molar-refractivity contribution in [3.05, 3.63) is 107 Å². The average Bonchev–Trinajstić information content (AvgIpc) is 3.49. The molecule has 0 radical (unpaired) electrons. The van der Waals surface area contributed by atoms with Gasteiger partial charge < -0.3 is 14.6 Å². The third kappa shape index (κ3) is 4.68. The Kier molecular flexibility index (Phi) is 8.00. The van der Waals surface area contributed by atoms with Crippen LogP contribution in [0.1, 0.15) is 35.4 Å². The monoisotopic (exact) mass is 736 g/mol. The van der Waals surface area contributed by atoms with Gasteiger partial charge in [0, 0.05) is 23.9 Å². The number of amides is 4. The SMILES string of the molecule is COc1ccc(OC)c(C=Cc2ccc(N3C(=O)C4CC=C5C(CC6(Cl)C(=O)N(C)C(=O)C6(Cl)C5c5ccc(O)c6ccccc56)C4C3=O)cc2)c1. The second kappa shape index (κ2) is 12.2. The van der Waals surface area contributed by atoms with Gasteiger partial charge in [-0.15, -0.1) is 23.2 Å². The number of rotatable bonds is 6. The molecule has 11 heteroatoms. The summed E-state index contributed by atoms with van der Waals surface area (Å²) in [6.07, 6.45) is 5.84. The van der Waals surface area contributed by atoms with Gasteiger partial charge in [-0.2, -0.15) is 0 Å². The Morgan fingerprint density at radius 3 is 2.27 bits per heavy atom. The molecule has 0 aromatic heterocycles. The fraction of sp³-hybridized carbons (Fsp3) is 0.268. The number of carbonyl (C=O) groups excluding carboxylic acids is 4. The molecule has 9 nitrogen and oxygen atoms in total. The van der Waals surface area contributed by atoms with E-state index in [9.17, 15) is 24.3 Å². The average molecular weight is 738 g/mol. The van der Waals surface area contributed by atoms with E-state index in [-0.39, 0.29) is 24.5 Å². The number of halogens is 2. The van der Waals surface area contributed by atoms with Gasteiger partial charge in [-0.1, -0.05) is 66.3 Å². The van der Waals surface area contributed by atoms with E-state index in [0.29, 0.717) is 39.1 Å². The van der Waals surface area contributed by atoms with Gasteiger partial charge >= 0.3 is 0 Å². The van der Waals surface area contributed by atoms with Crippen molar-refractivity contribution in [1.29, 1.82) is 0 Å². The second-order valence-electron chi connectivity index (χ2n) is 13.8. The van der Waals surface area contributed by atoms with Crippen LogP contribution in [0.5, 0.6) is 17.2 Å². The third-order valence-electron chi connectivity index (χ3n) is 11.3. The molecule has 4 amide bonds. The summed E-state index contributed by atoms with van der Waals surface area (Å²) in [6.45, 7) is 0. The second-order valence-corrected chi connectivity index (χ2v) is 15.0. The third-order valence-corrected chi connectivity index (χ3v) is 12.7. The lowest BCUT2D eigenvalue weighted by atomic mass is 9.56. The summed E-state index contributed by atoms with van der Waals surface area (Å²) in [7, 11) is 4.56. The summed E-state index contributed by atoms with van der Waals surface area (Å²) in [6, 6.07) is 23.0. The van der Waals surface area contributed by atoms with Gasteiger partial charge in [0.2, 0.25) is 11.8 Å². The molecule has 8 rings (SSSR count). The first-order chi connectivity index (χ1) is 24.9. The van der Waals surface area contributed by atoms with Crippen molar-refractivity contribution in [2.75, 3.05) is 26.2 Å². The molecule has 4 aromatic rings. The van der Waals surface area contributed by atoms with Crippen LogP contribution in [0.25, 0.3) is 22.9 Å². The zero-order chi connectivity index (χ0) is 36.7. The van der Waals surface area contributed by atoms with Crippen LogP contribution >= 0.6 is 23.2 Å². The Morgan fingerprint density at radius 2 is 1.56 bits per heavy atom. The number of hydrogen-bond donors (Lipinski definition) is 1. The summed E-state index contributed by atoms with van der Waals surface area (Å²) < 4.78 is 10.8. The largest absolute Gasteiger partial charge is 0.507 e. The zero-order valence-corrected chi connectivity index (χ0v) is 30.0. The minimum absolute atomic E-state index is 0.0461. The summed E-state index contributed by atoms with van der Waals surface area (Å²) in [4.78, 5) is 54.8. The normalized spacial score (nSPS) is 28.3. The molecule has 2 heterocycles. The lowest BCUT2D eigenvalue weighted by Gasteiger charge is -2.51. The van der Waals surface area contributed by atoms with Crippen molar-refractivity contribution in [2.24, 2.45) is 17.8 Å². The quantitative estimate of drug-likeness (QED) is 0.0989. The molecule has 52 heavy (non-hydrogen) atoms. The van der Waals surface area contributed by atoms with Crippen LogP contribution in [0.3, 0.4) is 0 Å². The molecular formula is C41H34Cl2N2O7. The van der Waals surface area contributed by atoms with E-state index in [2.05, 4.69) is 0 Å². The maximum atomic E-state index is 14.5. The molecule has 6 unspecified atom stereocenters. The lowest BCUT2D eigenvalue weighted by Crippen LogP contribution is -2.60. The molecule has 264 valence electrons. The van der Waals surface area contributed by atoms with E-state index in [1.807, 2.05) is 60.7 Å². The fourth-order valence-corrected chi connectivity index (χ4v) is 9.80. The van der Waals surface area contributed by atoms with E-state index in [4.69, 9.17) is 32.7 Å². The molecule has 1 saturated carbocycles. The number of allylic oxidation sites excluding steroid dienone is 2. The Balaban J connectivity index is 1.16. The number of fused-ring (bicyclic) bond motifs is 5. The Hall–Kier alpha value is -5.12. The molecule has 2 aliphatic heterocycles. The number of ether oxygens (including phenoxy) is 2. The van der Waals surface area contributed by atoms with Crippen molar-refractivity contribution in [3.8, 4) is 17.2 Å². The zero-order valence-electron chi connectivity index (χ0n) is 28.5. The summed E-state index contributed by atoms with van der Waals surface area (Å²) in [5, 5.41) is 11.9. The first-order valence-corrected chi connectivity index (χ1v) is 17.7. The van der Waals surface area contributed by atoms with E-state index < -0.39 is 51.1 Å². The van der Waals surface area contributed by atoms with Gasteiger partial charge in [0.15, 0.2) is 9.75 Å². The number of alkyl halides is 2. The van der Waals surface area contributed by atoms with Crippen LogP contribution in [0, 0.1) is 17.8 Å². The topological polar surface area (TPSA) is 113 Å².